The molecule has 0 spiro atoms. The third-order valence-corrected chi connectivity index (χ3v) is 5.30. The van der Waals surface area contributed by atoms with Crippen molar-refractivity contribution < 1.29 is 4.79 Å². The molecular formula is C19H23N5O2. The number of carbonyl (C=O) groups excluding carboxylic acids is 1. The molecule has 1 unspecified atom stereocenters. The van der Waals surface area contributed by atoms with E-state index in [2.05, 4.69) is 15.1 Å². The van der Waals surface area contributed by atoms with Crippen LogP contribution < -0.4 is 5.56 Å². The molecular weight excluding hydrogens is 330 g/mol. The van der Waals surface area contributed by atoms with Gasteiger partial charge >= 0.3 is 0 Å². The van der Waals surface area contributed by atoms with Crippen LogP contribution in [0.15, 0.2) is 23.3 Å². The summed E-state index contributed by atoms with van der Waals surface area (Å²) in [5, 5.41) is 4.59. The molecule has 1 aliphatic heterocycles. The Morgan fingerprint density at radius 2 is 2.04 bits per heavy atom. The van der Waals surface area contributed by atoms with Gasteiger partial charge in [0.15, 0.2) is 0 Å². The lowest BCUT2D eigenvalue weighted by Crippen LogP contribution is -2.41. The van der Waals surface area contributed by atoms with Crippen LogP contribution in [0.5, 0.6) is 0 Å². The first-order valence-corrected chi connectivity index (χ1v) is 9.31. The number of hydrogen-bond donors (Lipinski definition) is 0. The van der Waals surface area contributed by atoms with Crippen molar-refractivity contribution in [3.63, 3.8) is 0 Å². The van der Waals surface area contributed by atoms with Crippen LogP contribution in [0.25, 0.3) is 0 Å². The number of rotatable bonds is 3. The van der Waals surface area contributed by atoms with Gasteiger partial charge in [-0.25, -0.2) is 9.67 Å². The zero-order valence-corrected chi connectivity index (χ0v) is 15.0. The van der Waals surface area contributed by atoms with Crippen LogP contribution >= 0.6 is 0 Å². The molecule has 3 heterocycles. The Morgan fingerprint density at radius 3 is 2.85 bits per heavy atom. The number of aryl methyl sites for hydroxylation is 3. The minimum atomic E-state index is -0.119. The number of fused-ring (bicyclic) bond motifs is 1. The summed E-state index contributed by atoms with van der Waals surface area (Å²) >= 11 is 0. The fourth-order valence-electron chi connectivity index (χ4n) is 3.87. The Kier molecular flexibility index (Phi) is 4.53. The first-order valence-electron chi connectivity index (χ1n) is 9.31. The highest BCUT2D eigenvalue weighted by molar-refractivity contribution is 5.92. The molecule has 4 rings (SSSR count). The van der Waals surface area contributed by atoms with Crippen molar-refractivity contribution in [3.05, 3.63) is 51.5 Å². The largest absolute Gasteiger partial charge is 0.332 e. The fraction of sp³-hybridized carbons (Fsp3) is 0.526. The van der Waals surface area contributed by atoms with E-state index >= 15 is 0 Å². The van der Waals surface area contributed by atoms with Crippen LogP contribution in [0.1, 0.15) is 53.1 Å². The zero-order valence-electron chi connectivity index (χ0n) is 15.0. The summed E-state index contributed by atoms with van der Waals surface area (Å²) in [7, 11) is 0. The van der Waals surface area contributed by atoms with Crippen LogP contribution in [-0.4, -0.2) is 43.1 Å². The van der Waals surface area contributed by atoms with Gasteiger partial charge in [-0.3, -0.25) is 14.6 Å². The van der Waals surface area contributed by atoms with Crippen LogP contribution in [0, 0.1) is 6.92 Å². The highest BCUT2D eigenvalue weighted by atomic mass is 16.2. The summed E-state index contributed by atoms with van der Waals surface area (Å²) in [5.74, 6) is -0.119. The van der Waals surface area contributed by atoms with E-state index in [9.17, 15) is 9.59 Å². The second kappa shape index (κ2) is 6.97. The summed E-state index contributed by atoms with van der Waals surface area (Å²) < 4.78 is 1.54. The Balaban J connectivity index is 1.55. The summed E-state index contributed by atoms with van der Waals surface area (Å²) in [5.41, 5.74) is 3.19. The van der Waals surface area contributed by atoms with E-state index in [1.165, 1.54) is 6.20 Å². The van der Waals surface area contributed by atoms with Crippen molar-refractivity contribution in [3.8, 4) is 0 Å². The monoisotopic (exact) mass is 353 g/mol. The fourth-order valence-corrected chi connectivity index (χ4v) is 3.87. The van der Waals surface area contributed by atoms with E-state index in [0.717, 1.165) is 55.5 Å². The molecule has 1 fully saturated rings. The van der Waals surface area contributed by atoms with E-state index in [4.69, 9.17) is 0 Å². The van der Waals surface area contributed by atoms with Gasteiger partial charge in [-0.1, -0.05) is 0 Å². The van der Waals surface area contributed by atoms with E-state index < -0.39 is 0 Å². The first kappa shape index (κ1) is 16.9. The second-order valence-electron chi connectivity index (χ2n) is 7.18. The number of carbonyl (C=O) groups is 1. The number of nitrogens with zero attached hydrogens (tertiary/aromatic N) is 5. The molecule has 0 radical (unpaired) electrons. The molecule has 1 aliphatic carbocycles. The average Bonchev–Trinajstić information content (AvgIpc) is 3.10. The van der Waals surface area contributed by atoms with Gasteiger partial charge < -0.3 is 4.90 Å². The molecule has 2 aliphatic rings. The van der Waals surface area contributed by atoms with E-state index in [-0.39, 0.29) is 17.5 Å². The van der Waals surface area contributed by atoms with E-state index in [1.807, 2.05) is 11.8 Å². The van der Waals surface area contributed by atoms with Crippen LogP contribution in [0.3, 0.4) is 0 Å². The minimum Gasteiger partial charge on any atom is -0.332 e. The van der Waals surface area contributed by atoms with Gasteiger partial charge in [-0.05, 0) is 51.0 Å². The van der Waals surface area contributed by atoms with Gasteiger partial charge in [0.2, 0.25) is 0 Å². The highest BCUT2D eigenvalue weighted by Crippen LogP contribution is 2.21. The van der Waals surface area contributed by atoms with Gasteiger partial charge in [0.25, 0.3) is 11.5 Å². The number of hydrogen-bond acceptors (Lipinski definition) is 5. The predicted molar refractivity (Wildman–Crippen MR) is 96.0 cm³/mol. The van der Waals surface area contributed by atoms with Crippen molar-refractivity contribution in [2.24, 2.45) is 0 Å². The van der Waals surface area contributed by atoms with Crippen molar-refractivity contribution >= 4 is 5.91 Å². The maximum Gasteiger partial charge on any atom is 0.274 e. The molecule has 26 heavy (non-hydrogen) atoms. The number of likely N-dealkylation sites (tertiary alicyclic amines) is 1. The molecule has 7 heteroatoms. The molecule has 0 saturated carbocycles. The third kappa shape index (κ3) is 3.25. The highest BCUT2D eigenvalue weighted by Gasteiger charge is 2.31. The molecule has 1 saturated heterocycles. The Labute approximate surface area is 152 Å². The average molecular weight is 353 g/mol. The molecule has 0 bridgehead atoms. The summed E-state index contributed by atoms with van der Waals surface area (Å²) in [4.78, 5) is 35.4. The first-order chi connectivity index (χ1) is 12.6. The minimum absolute atomic E-state index is 0.0301. The molecule has 0 aromatic carbocycles. The second-order valence-corrected chi connectivity index (χ2v) is 7.18. The standard InChI is InChI=1S/C19H23N5O2/c1-13-10-21-17(11-20-13)19(26)23-8-4-6-15(23)12-24-18(25)9-14-5-2-3-7-16(14)22-24/h9-11,15H,2-8,12H2,1H3. The molecule has 7 nitrogen and oxygen atoms in total. The van der Waals surface area contributed by atoms with Gasteiger partial charge in [0, 0.05) is 18.8 Å². The topological polar surface area (TPSA) is 81.0 Å². The van der Waals surface area contributed by atoms with Crippen molar-refractivity contribution in [2.75, 3.05) is 6.54 Å². The van der Waals surface area contributed by atoms with Crippen molar-refractivity contribution in [1.29, 1.82) is 0 Å². The summed E-state index contributed by atoms with van der Waals surface area (Å²) in [6.45, 7) is 2.96. The summed E-state index contributed by atoms with van der Waals surface area (Å²) in [6.07, 6.45) is 9.05. The predicted octanol–water partition coefficient (Wildman–Crippen LogP) is 1.53. The SMILES string of the molecule is Cc1cnc(C(=O)N2CCCC2Cn2nc3c(cc2=O)CCCC3)cn1. The molecule has 0 N–H and O–H groups in total. The van der Waals surface area contributed by atoms with Crippen LogP contribution in [0.2, 0.25) is 0 Å². The lowest BCUT2D eigenvalue weighted by molar-refractivity contribution is 0.0713. The Morgan fingerprint density at radius 1 is 1.19 bits per heavy atom. The molecule has 2 aromatic heterocycles. The summed E-state index contributed by atoms with van der Waals surface area (Å²) in [6, 6.07) is 1.70. The van der Waals surface area contributed by atoms with Gasteiger partial charge in [0.1, 0.15) is 5.69 Å². The van der Waals surface area contributed by atoms with Gasteiger partial charge in [-0.2, -0.15) is 5.10 Å². The van der Waals surface area contributed by atoms with Crippen molar-refractivity contribution in [2.45, 2.75) is 58.0 Å². The lowest BCUT2D eigenvalue weighted by atomic mass is 9.97. The van der Waals surface area contributed by atoms with Crippen LogP contribution in [0.4, 0.5) is 0 Å². The van der Waals surface area contributed by atoms with Crippen LogP contribution in [-0.2, 0) is 19.4 Å². The zero-order chi connectivity index (χ0) is 18.1. The quantitative estimate of drug-likeness (QED) is 0.836. The Hall–Kier alpha value is -2.57. The third-order valence-electron chi connectivity index (χ3n) is 5.30. The molecule has 1 amide bonds. The smallest absolute Gasteiger partial charge is 0.274 e. The lowest BCUT2D eigenvalue weighted by Gasteiger charge is -2.25. The Bertz CT molecular complexity index is 874. The van der Waals surface area contributed by atoms with Gasteiger partial charge in [-0.15, -0.1) is 0 Å². The van der Waals surface area contributed by atoms with Gasteiger partial charge in [0.05, 0.1) is 30.2 Å². The molecule has 2 aromatic rings. The van der Waals surface area contributed by atoms with E-state index in [0.29, 0.717) is 18.8 Å². The molecule has 1 atom stereocenters. The molecule has 136 valence electrons. The number of aromatic nitrogens is 4. The number of amides is 1. The van der Waals surface area contributed by atoms with Crippen molar-refractivity contribution in [1.82, 2.24) is 24.6 Å². The normalized spacial score (nSPS) is 19.4. The van der Waals surface area contributed by atoms with E-state index in [1.54, 1.807) is 16.9 Å². The maximum atomic E-state index is 12.8. The maximum absolute atomic E-state index is 12.8.